The molecule has 34 heavy (non-hydrogen) atoms. The van der Waals surface area contributed by atoms with Crippen molar-refractivity contribution < 1.29 is 9.53 Å². The second kappa shape index (κ2) is 7.55. The molecule has 0 spiro atoms. The van der Waals surface area contributed by atoms with Crippen molar-refractivity contribution in [2.75, 3.05) is 19.4 Å². The minimum absolute atomic E-state index is 0.0892. The minimum atomic E-state index is -0.175. The fraction of sp³-hybridized carbons (Fsp3) is 0.154. The predicted octanol–water partition coefficient (Wildman–Crippen LogP) is 3.97. The minimum Gasteiger partial charge on any atom is -0.491 e. The summed E-state index contributed by atoms with van der Waals surface area (Å²) in [7, 11) is 3.67. The van der Waals surface area contributed by atoms with Crippen molar-refractivity contribution in [3.05, 3.63) is 78.2 Å². The number of ether oxygens (including phenoxy) is 1. The van der Waals surface area contributed by atoms with Crippen LogP contribution in [0, 0.1) is 0 Å². The van der Waals surface area contributed by atoms with Crippen molar-refractivity contribution in [2.24, 2.45) is 7.05 Å². The van der Waals surface area contributed by atoms with E-state index in [9.17, 15) is 4.79 Å². The summed E-state index contributed by atoms with van der Waals surface area (Å²) < 4.78 is 7.74. The summed E-state index contributed by atoms with van der Waals surface area (Å²) in [5.74, 6) is 1.14. The molecule has 0 saturated heterocycles. The SMILES string of the molecule is CN(C(=O)c1ccc2nc(N)c3cnn(C)c3c2c1)[C@@H]1COc2cc(-c3ccncc3)ccc21. The Morgan fingerprint density at radius 3 is 2.74 bits per heavy atom. The van der Waals surface area contributed by atoms with Crippen molar-refractivity contribution in [1.82, 2.24) is 24.6 Å². The largest absolute Gasteiger partial charge is 0.491 e. The highest BCUT2D eigenvalue weighted by Crippen LogP contribution is 2.39. The van der Waals surface area contributed by atoms with E-state index in [0.29, 0.717) is 18.0 Å². The molecule has 2 N–H and O–H groups in total. The third kappa shape index (κ3) is 3.07. The molecular formula is C26H22N6O2. The van der Waals surface area contributed by atoms with E-state index >= 15 is 0 Å². The molecule has 0 aliphatic carbocycles. The van der Waals surface area contributed by atoms with Crippen LogP contribution in [0.3, 0.4) is 0 Å². The highest BCUT2D eigenvalue weighted by molar-refractivity contribution is 6.10. The van der Waals surface area contributed by atoms with Crippen molar-refractivity contribution in [2.45, 2.75) is 6.04 Å². The van der Waals surface area contributed by atoms with Crippen LogP contribution in [0.1, 0.15) is 22.0 Å². The summed E-state index contributed by atoms with van der Waals surface area (Å²) in [6.45, 7) is 0.412. The normalized spacial score (nSPS) is 14.8. The lowest BCUT2D eigenvalue weighted by atomic mass is 10.0. The number of anilines is 1. The molecule has 1 amide bonds. The Morgan fingerprint density at radius 2 is 1.91 bits per heavy atom. The van der Waals surface area contributed by atoms with Gasteiger partial charge in [-0.1, -0.05) is 12.1 Å². The molecule has 0 unspecified atom stereocenters. The van der Waals surface area contributed by atoms with E-state index in [1.807, 2.05) is 50.5 Å². The van der Waals surface area contributed by atoms with Crippen molar-refractivity contribution >= 4 is 33.5 Å². The Kier molecular flexibility index (Phi) is 4.48. The number of amides is 1. The smallest absolute Gasteiger partial charge is 0.254 e. The number of carbonyl (C=O) groups is 1. The maximum atomic E-state index is 13.5. The van der Waals surface area contributed by atoms with Crippen molar-refractivity contribution in [3.63, 3.8) is 0 Å². The van der Waals surface area contributed by atoms with Gasteiger partial charge in [0.15, 0.2) is 0 Å². The Bertz CT molecular complexity index is 1580. The van der Waals surface area contributed by atoms with Gasteiger partial charge in [0.25, 0.3) is 5.91 Å². The summed E-state index contributed by atoms with van der Waals surface area (Å²) in [5.41, 5.74) is 11.4. The molecule has 6 rings (SSSR count). The van der Waals surface area contributed by atoms with E-state index in [1.54, 1.807) is 34.2 Å². The number of aromatic nitrogens is 4. The van der Waals surface area contributed by atoms with Gasteiger partial charge in [-0.15, -0.1) is 0 Å². The number of hydrogen-bond donors (Lipinski definition) is 1. The van der Waals surface area contributed by atoms with Gasteiger partial charge in [0.1, 0.15) is 18.2 Å². The lowest BCUT2D eigenvalue weighted by molar-refractivity contribution is 0.0708. The number of aryl methyl sites for hydroxylation is 1. The standard InChI is InChI=1S/C26H22N6O2/c1-31(22-14-34-23-12-16(3-5-18(22)23)15-7-9-28-10-8-15)26(33)17-4-6-21-19(11-17)24-20(25(27)30-21)13-29-32(24)2/h3-13,22H,14H2,1-2H3,(H2,27,30)/t22-/m1/s1. The number of nitrogens with two attached hydrogens (primary N) is 1. The first-order valence-corrected chi connectivity index (χ1v) is 11.0. The van der Waals surface area contributed by atoms with E-state index < -0.39 is 0 Å². The van der Waals surface area contributed by atoms with Gasteiger partial charge >= 0.3 is 0 Å². The van der Waals surface area contributed by atoms with E-state index in [1.165, 1.54) is 0 Å². The average Bonchev–Trinajstić information content (AvgIpc) is 3.47. The predicted molar refractivity (Wildman–Crippen MR) is 130 cm³/mol. The highest BCUT2D eigenvalue weighted by Gasteiger charge is 2.31. The molecule has 4 heterocycles. The Balaban J connectivity index is 1.34. The van der Waals surface area contributed by atoms with E-state index in [2.05, 4.69) is 21.1 Å². The van der Waals surface area contributed by atoms with Crippen molar-refractivity contribution in [3.8, 4) is 16.9 Å². The third-order valence-electron chi connectivity index (χ3n) is 6.53. The molecule has 0 saturated carbocycles. The maximum absolute atomic E-state index is 13.5. The molecule has 2 aromatic carbocycles. The first kappa shape index (κ1) is 20.2. The molecule has 1 atom stereocenters. The lowest BCUT2D eigenvalue weighted by Crippen LogP contribution is -2.32. The van der Waals surface area contributed by atoms with Gasteiger partial charge in [0.05, 0.1) is 28.7 Å². The summed E-state index contributed by atoms with van der Waals surface area (Å²) in [6.07, 6.45) is 5.24. The molecule has 0 bridgehead atoms. The quantitative estimate of drug-likeness (QED) is 0.447. The summed E-state index contributed by atoms with van der Waals surface area (Å²) in [4.78, 5) is 23.8. The van der Waals surface area contributed by atoms with Crippen LogP contribution in [0.5, 0.6) is 5.75 Å². The summed E-state index contributed by atoms with van der Waals surface area (Å²) in [5, 5.41) is 5.93. The van der Waals surface area contributed by atoms with Crippen LogP contribution >= 0.6 is 0 Å². The Labute approximate surface area is 195 Å². The van der Waals surface area contributed by atoms with Crippen LogP contribution in [0.15, 0.2) is 67.1 Å². The van der Waals surface area contributed by atoms with Crippen LogP contribution in [-0.4, -0.2) is 44.2 Å². The van der Waals surface area contributed by atoms with Crippen LogP contribution in [0.2, 0.25) is 0 Å². The number of rotatable bonds is 3. The Hall–Kier alpha value is -4.46. The molecule has 168 valence electrons. The number of nitrogens with zero attached hydrogens (tertiary/aromatic N) is 5. The van der Waals surface area contributed by atoms with Gasteiger partial charge in [0.2, 0.25) is 0 Å². The third-order valence-corrected chi connectivity index (χ3v) is 6.53. The zero-order valence-corrected chi connectivity index (χ0v) is 18.8. The number of likely N-dealkylation sites (N-methyl/N-ethyl adjacent to an activating group) is 1. The fourth-order valence-corrected chi connectivity index (χ4v) is 4.67. The van der Waals surface area contributed by atoms with E-state index in [4.69, 9.17) is 10.5 Å². The molecular weight excluding hydrogens is 428 g/mol. The maximum Gasteiger partial charge on any atom is 0.254 e. The van der Waals surface area contributed by atoms with Gasteiger partial charge in [0, 0.05) is 43.0 Å². The summed E-state index contributed by atoms with van der Waals surface area (Å²) in [6, 6.07) is 15.4. The first-order valence-electron chi connectivity index (χ1n) is 11.0. The topological polar surface area (TPSA) is 99.2 Å². The number of fused-ring (bicyclic) bond motifs is 4. The lowest BCUT2D eigenvalue weighted by Gasteiger charge is -2.24. The van der Waals surface area contributed by atoms with Gasteiger partial charge in [-0.3, -0.25) is 14.5 Å². The molecule has 8 nitrogen and oxygen atoms in total. The van der Waals surface area contributed by atoms with E-state index in [-0.39, 0.29) is 11.9 Å². The zero-order chi connectivity index (χ0) is 23.4. The van der Waals surface area contributed by atoms with Gasteiger partial charge < -0.3 is 15.4 Å². The van der Waals surface area contributed by atoms with Gasteiger partial charge in [-0.05, 0) is 47.5 Å². The highest BCUT2D eigenvalue weighted by atomic mass is 16.5. The summed E-state index contributed by atoms with van der Waals surface area (Å²) >= 11 is 0. The van der Waals surface area contributed by atoms with Crippen LogP contribution < -0.4 is 10.5 Å². The molecule has 1 aliphatic heterocycles. The number of pyridine rings is 2. The van der Waals surface area contributed by atoms with E-state index in [0.717, 1.165) is 44.2 Å². The number of carbonyl (C=O) groups excluding carboxylic acids is 1. The number of hydrogen-bond acceptors (Lipinski definition) is 6. The first-order chi connectivity index (χ1) is 16.5. The van der Waals surface area contributed by atoms with Crippen LogP contribution in [0.4, 0.5) is 5.82 Å². The van der Waals surface area contributed by atoms with Crippen LogP contribution in [0.25, 0.3) is 32.9 Å². The molecule has 1 aliphatic rings. The van der Waals surface area contributed by atoms with Crippen LogP contribution in [-0.2, 0) is 7.05 Å². The van der Waals surface area contributed by atoms with Gasteiger partial charge in [-0.25, -0.2) is 4.98 Å². The number of nitrogen functional groups attached to an aromatic ring is 1. The molecule has 3 aromatic heterocycles. The van der Waals surface area contributed by atoms with Crippen molar-refractivity contribution in [1.29, 1.82) is 0 Å². The molecule has 0 radical (unpaired) electrons. The molecule has 8 heteroatoms. The second-order valence-electron chi connectivity index (χ2n) is 8.49. The number of benzene rings is 2. The zero-order valence-electron chi connectivity index (χ0n) is 18.8. The average molecular weight is 451 g/mol. The van der Waals surface area contributed by atoms with Gasteiger partial charge in [-0.2, -0.15) is 5.10 Å². The molecule has 5 aromatic rings. The Morgan fingerprint density at radius 1 is 1.09 bits per heavy atom. The molecule has 0 fully saturated rings. The second-order valence-corrected chi connectivity index (χ2v) is 8.49. The fourth-order valence-electron chi connectivity index (χ4n) is 4.67. The monoisotopic (exact) mass is 450 g/mol.